The van der Waals surface area contributed by atoms with Crippen LogP contribution >= 0.6 is 0 Å². The Morgan fingerprint density at radius 1 is 0.667 bits per heavy atom. The molecule has 0 rings (SSSR count). The molecule has 0 amide bonds. The molecule has 0 aromatic rings. The van der Waals surface area contributed by atoms with Crippen LogP contribution in [0.1, 0.15) is 52.4 Å². The van der Waals surface area contributed by atoms with Gasteiger partial charge in [0.05, 0.1) is 0 Å². The third kappa shape index (κ3) is 12.6. The summed E-state index contributed by atoms with van der Waals surface area (Å²) in [6, 6.07) is 0. The van der Waals surface area contributed by atoms with Gasteiger partial charge in [0.15, 0.2) is 0 Å². The van der Waals surface area contributed by atoms with Gasteiger partial charge in [0.2, 0.25) is 0 Å². The van der Waals surface area contributed by atoms with Crippen molar-refractivity contribution in [3.63, 3.8) is 0 Å². The molecule has 0 N–H and O–H groups in total. The van der Waals surface area contributed by atoms with E-state index in [1.165, 1.54) is 38.5 Å². The van der Waals surface area contributed by atoms with E-state index in [-0.39, 0.29) is 45.5 Å². The normalized spacial score (nSPS) is 8.67. The van der Waals surface area contributed by atoms with Gasteiger partial charge >= 0.3 is 0 Å². The van der Waals surface area contributed by atoms with Gasteiger partial charge in [-0.2, -0.15) is 0 Å². The molecule has 0 aliphatic rings. The average molecular weight is 202 g/mol. The monoisotopic (exact) mass is 202 g/mol. The molecule has 2 radical (unpaired) electrons. The molecule has 0 aliphatic heterocycles. The standard InChI is InChI=1S/C8H18.Sr/c1-3-5-7-8-6-4-2;/h3-8H2,1-2H3;. The molecule has 0 aromatic carbocycles. The molecule has 0 atom stereocenters. The van der Waals surface area contributed by atoms with Gasteiger partial charge in [-0.05, 0) is 0 Å². The zero-order valence-corrected chi connectivity index (χ0v) is 10.4. The minimum atomic E-state index is 0. The molecule has 0 heterocycles. The number of rotatable bonds is 5. The van der Waals surface area contributed by atoms with Crippen molar-refractivity contribution in [3.8, 4) is 0 Å². The van der Waals surface area contributed by atoms with Crippen molar-refractivity contribution in [1.82, 2.24) is 0 Å². The van der Waals surface area contributed by atoms with Crippen molar-refractivity contribution in [2.45, 2.75) is 52.4 Å². The Hall–Kier alpha value is 1.48. The van der Waals surface area contributed by atoms with Gasteiger partial charge in [0.1, 0.15) is 0 Å². The largest absolute Gasteiger partial charge is 0.0654 e. The van der Waals surface area contributed by atoms with E-state index in [4.69, 9.17) is 0 Å². The van der Waals surface area contributed by atoms with Crippen LogP contribution in [-0.2, 0) is 0 Å². The Balaban J connectivity index is 0. The summed E-state index contributed by atoms with van der Waals surface area (Å²) in [7, 11) is 0. The molecule has 1 heteroatoms. The quantitative estimate of drug-likeness (QED) is 0.474. The van der Waals surface area contributed by atoms with Crippen LogP contribution < -0.4 is 0 Å². The third-order valence-corrected chi connectivity index (χ3v) is 1.46. The van der Waals surface area contributed by atoms with Crippen LogP contribution in [0.25, 0.3) is 0 Å². The van der Waals surface area contributed by atoms with Gasteiger partial charge in [0.25, 0.3) is 0 Å². The molecule has 0 nitrogen and oxygen atoms in total. The van der Waals surface area contributed by atoms with Crippen molar-refractivity contribution >= 4 is 45.5 Å². The second-order valence-electron chi connectivity index (χ2n) is 2.41. The molecule has 0 saturated heterocycles. The first-order valence-corrected chi connectivity index (χ1v) is 3.91. The Bertz CT molecular complexity index is 29.5. The van der Waals surface area contributed by atoms with Gasteiger partial charge in [-0.15, -0.1) is 0 Å². The molecular weight excluding hydrogens is 184 g/mol. The summed E-state index contributed by atoms with van der Waals surface area (Å²) in [5.41, 5.74) is 0. The zero-order chi connectivity index (χ0) is 6.24. The van der Waals surface area contributed by atoms with Crippen molar-refractivity contribution in [2.75, 3.05) is 0 Å². The molecule has 0 spiro atoms. The maximum absolute atomic E-state index is 2.26. The molecule has 9 heavy (non-hydrogen) atoms. The SMILES string of the molecule is CCCCCCCC.[Sr]. The van der Waals surface area contributed by atoms with Crippen LogP contribution in [0.2, 0.25) is 0 Å². The molecule has 0 aromatic heterocycles. The first-order chi connectivity index (χ1) is 3.91. The van der Waals surface area contributed by atoms with Crippen LogP contribution in [0.3, 0.4) is 0 Å². The predicted molar refractivity (Wildman–Crippen MR) is 44.8 cm³/mol. The molecule has 52 valence electrons. The first-order valence-electron chi connectivity index (χ1n) is 3.91. The van der Waals surface area contributed by atoms with Crippen LogP contribution in [0.5, 0.6) is 0 Å². The minimum absolute atomic E-state index is 0. The second-order valence-corrected chi connectivity index (χ2v) is 2.41. The van der Waals surface area contributed by atoms with E-state index in [2.05, 4.69) is 13.8 Å². The predicted octanol–water partition coefficient (Wildman–Crippen LogP) is 2.99. The molecule has 0 unspecified atom stereocenters. The molecule has 0 bridgehead atoms. The van der Waals surface area contributed by atoms with Crippen molar-refractivity contribution in [1.29, 1.82) is 0 Å². The smallest absolute Gasteiger partial charge is 0 e. The molecule has 0 aliphatic carbocycles. The Labute approximate surface area is 96.7 Å². The van der Waals surface area contributed by atoms with Crippen LogP contribution in [0, 0.1) is 0 Å². The number of unbranched alkanes of at least 4 members (excludes halogenated alkanes) is 5. The summed E-state index contributed by atoms with van der Waals surface area (Å²) >= 11 is 0. The summed E-state index contributed by atoms with van der Waals surface area (Å²) in [6.45, 7) is 4.51. The fourth-order valence-electron chi connectivity index (χ4n) is 0.854. The van der Waals surface area contributed by atoms with E-state index in [9.17, 15) is 0 Å². The van der Waals surface area contributed by atoms with Crippen LogP contribution in [-0.4, -0.2) is 45.5 Å². The van der Waals surface area contributed by atoms with Gasteiger partial charge in [-0.25, -0.2) is 0 Å². The Morgan fingerprint density at radius 2 is 1.00 bits per heavy atom. The topological polar surface area (TPSA) is 0 Å². The van der Waals surface area contributed by atoms with E-state index in [1.54, 1.807) is 0 Å². The van der Waals surface area contributed by atoms with E-state index in [1.807, 2.05) is 0 Å². The third-order valence-electron chi connectivity index (χ3n) is 1.46. The van der Waals surface area contributed by atoms with E-state index in [0.29, 0.717) is 0 Å². The Morgan fingerprint density at radius 3 is 1.22 bits per heavy atom. The van der Waals surface area contributed by atoms with E-state index < -0.39 is 0 Å². The Kier molecular flexibility index (Phi) is 17.7. The van der Waals surface area contributed by atoms with Gasteiger partial charge in [-0.3, -0.25) is 0 Å². The fraction of sp³-hybridized carbons (Fsp3) is 1.00. The summed E-state index contributed by atoms with van der Waals surface area (Å²) in [5.74, 6) is 0. The number of hydrogen-bond acceptors (Lipinski definition) is 0. The van der Waals surface area contributed by atoms with Crippen molar-refractivity contribution in [2.24, 2.45) is 0 Å². The minimum Gasteiger partial charge on any atom is -0.0654 e. The molecular formula is C8H18Sr. The van der Waals surface area contributed by atoms with Gasteiger partial charge in [0, 0.05) is 45.5 Å². The molecule has 0 fully saturated rings. The average Bonchev–Trinajstić information content (AvgIpc) is 1.81. The maximum Gasteiger partial charge on any atom is 0 e. The summed E-state index contributed by atoms with van der Waals surface area (Å²) in [6.07, 6.45) is 8.49. The zero-order valence-electron chi connectivity index (χ0n) is 6.95. The van der Waals surface area contributed by atoms with E-state index >= 15 is 0 Å². The first kappa shape index (κ1) is 13.1. The second kappa shape index (κ2) is 12.2. The van der Waals surface area contributed by atoms with Crippen molar-refractivity contribution in [3.05, 3.63) is 0 Å². The van der Waals surface area contributed by atoms with Gasteiger partial charge < -0.3 is 0 Å². The van der Waals surface area contributed by atoms with Crippen molar-refractivity contribution < 1.29 is 0 Å². The maximum atomic E-state index is 2.26. The summed E-state index contributed by atoms with van der Waals surface area (Å²) < 4.78 is 0. The van der Waals surface area contributed by atoms with Gasteiger partial charge in [-0.1, -0.05) is 52.4 Å². The van der Waals surface area contributed by atoms with Crippen LogP contribution in [0.15, 0.2) is 0 Å². The van der Waals surface area contributed by atoms with Crippen LogP contribution in [0.4, 0.5) is 0 Å². The summed E-state index contributed by atoms with van der Waals surface area (Å²) in [5, 5.41) is 0. The summed E-state index contributed by atoms with van der Waals surface area (Å²) in [4.78, 5) is 0. The fourth-order valence-corrected chi connectivity index (χ4v) is 0.854. The molecule has 0 saturated carbocycles. The number of hydrogen-bond donors (Lipinski definition) is 0. The van der Waals surface area contributed by atoms with E-state index in [0.717, 1.165) is 0 Å².